The second kappa shape index (κ2) is 8.90. The zero-order valence-electron chi connectivity index (χ0n) is 17.5. The van der Waals surface area contributed by atoms with E-state index in [2.05, 4.69) is 31.1 Å². The van der Waals surface area contributed by atoms with Gasteiger partial charge in [-0.05, 0) is 53.7 Å². The van der Waals surface area contributed by atoms with Crippen LogP contribution in [0.4, 0.5) is 4.79 Å². The summed E-state index contributed by atoms with van der Waals surface area (Å²) in [6.45, 7) is 12.9. The van der Waals surface area contributed by atoms with Crippen LogP contribution in [-0.4, -0.2) is 50.9 Å². The second-order valence-corrected chi connectivity index (χ2v) is 8.10. The maximum atomic E-state index is 12.0. The standard InChI is InChI=1S/C19H31N7O2/c1-7-20-16(21-12-15-25-24-14-10-8-9-11-26(14)15)22-13-19(5,6)23-17(27)28-18(2,3)4/h8-11H,7,12-13H2,1-6H3,(H,23,27)(H2,20,21,22). The van der Waals surface area contributed by atoms with Gasteiger partial charge in [0.05, 0.1) is 5.54 Å². The summed E-state index contributed by atoms with van der Waals surface area (Å²) in [5.74, 6) is 1.38. The number of aliphatic imine (C=N–C) groups is 1. The average molecular weight is 390 g/mol. The van der Waals surface area contributed by atoms with Gasteiger partial charge >= 0.3 is 6.09 Å². The quantitative estimate of drug-likeness (QED) is 0.516. The highest BCUT2D eigenvalue weighted by Crippen LogP contribution is 2.09. The second-order valence-electron chi connectivity index (χ2n) is 8.10. The molecule has 28 heavy (non-hydrogen) atoms. The number of guanidine groups is 1. The molecule has 2 aromatic rings. The molecule has 154 valence electrons. The Morgan fingerprint density at radius 2 is 1.93 bits per heavy atom. The number of aromatic nitrogens is 3. The fraction of sp³-hybridized carbons (Fsp3) is 0.579. The van der Waals surface area contributed by atoms with E-state index in [4.69, 9.17) is 4.74 Å². The van der Waals surface area contributed by atoms with Crippen LogP contribution >= 0.6 is 0 Å². The van der Waals surface area contributed by atoms with E-state index < -0.39 is 17.2 Å². The van der Waals surface area contributed by atoms with Crippen LogP contribution in [0.15, 0.2) is 29.4 Å². The van der Waals surface area contributed by atoms with Crippen molar-refractivity contribution in [2.75, 3.05) is 13.1 Å². The molecule has 0 radical (unpaired) electrons. The Bertz CT molecular complexity index is 821. The highest BCUT2D eigenvalue weighted by atomic mass is 16.6. The molecule has 0 unspecified atom stereocenters. The Morgan fingerprint density at radius 1 is 1.18 bits per heavy atom. The normalized spacial score (nSPS) is 12.7. The van der Waals surface area contributed by atoms with Crippen molar-refractivity contribution in [3.63, 3.8) is 0 Å². The van der Waals surface area contributed by atoms with Gasteiger partial charge in [-0.3, -0.25) is 4.40 Å². The predicted octanol–water partition coefficient (Wildman–Crippen LogP) is 2.09. The molecule has 0 saturated carbocycles. The van der Waals surface area contributed by atoms with Gasteiger partial charge in [-0.2, -0.15) is 0 Å². The van der Waals surface area contributed by atoms with Crippen molar-refractivity contribution >= 4 is 17.7 Å². The molecule has 0 bridgehead atoms. The van der Waals surface area contributed by atoms with Gasteiger partial charge in [0.15, 0.2) is 17.4 Å². The molecule has 9 nitrogen and oxygen atoms in total. The zero-order chi connectivity index (χ0) is 20.8. The first kappa shape index (κ1) is 21.5. The van der Waals surface area contributed by atoms with Gasteiger partial charge in [-0.15, -0.1) is 10.2 Å². The topological polar surface area (TPSA) is 105 Å². The Labute approximate surface area is 166 Å². The maximum Gasteiger partial charge on any atom is 0.408 e. The minimum atomic E-state index is -0.537. The zero-order valence-corrected chi connectivity index (χ0v) is 17.5. The fourth-order valence-corrected chi connectivity index (χ4v) is 2.42. The third-order valence-corrected chi connectivity index (χ3v) is 3.64. The number of rotatable bonds is 6. The summed E-state index contributed by atoms with van der Waals surface area (Å²) in [7, 11) is 0. The molecule has 2 rings (SSSR count). The molecule has 2 aromatic heterocycles. The lowest BCUT2D eigenvalue weighted by molar-refractivity contribution is 0.0474. The molecule has 9 heteroatoms. The van der Waals surface area contributed by atoms with Crippen LogP contribution in [0.3, 0.4) is 0 Å². The highest BCUT2D eigenvalue weighted by Gasteiger charge is 2.24. The molecule has 2 heterocycles. The number of carbonyl (C=O) groups excluding carboxylic acids is 1. The summed E-state index contributed by atoms with van der Waals surface area (Å²) < 4.78 is 7.23. The summed E-state index contributed by atoms with van der Waals surface area (Å²) in [6.07, 6.45) is 1.46. The minimum absolute atomic E-state index is 0.375. The van der Waals surface area contributed by atoms with Crippen molar-refractivity contribution in [1.29, 1.82) is 0 Å². The van der Waals surface area contributed by atoms with Gasteiger partial charge in [0.25, 0.3) is 0 Å². The number of carbonyl (C=O) groups is 1. The molecule has 0 spiro atoms. The monoisotopic (exact) mass is 389 g/mol. The number of amides is 1. The number of nitrogens with zero attached hydrogens (tertiary/aromatic N) is 4. The molecular weight excluding hydrogens is 358 g/mol. The van der Waals surface area contributed by atoms with E-state index in [1.807, 2.05) is 70.3 Å². The number of hydrogen-bond acceptors (Lipinski definition) is 5. The number of pyridine rings is 1. The summed E-state index contributed by atoms with van der Waals surface area (Å²) in [5.41, 5.74) is -0.279. The SMILES string of the molecule is CCNC(=NCc1nnc2ccccn12)NCC(C)(C)NC(=O)OC(C)(C)C. The van der Waals surface area contributed by atoms with Crippen molar-refractivity contribution in [2.24, 2.45) is 4.99 Å². The van der Waals surface area contributed by atoms with Gasteiger partial charge in [0, 0.05) is 19.3 Å². The Morgan fingerprint density at radius 3 is 2.61 bits per heavy atom. The predicted molar refractivity (Wildman–Crippen MR) is 109 cm³/mol. The van der Waals surface area contributed by atoms with Crippen molar-refractivity contribution in [3.05, 3.63) is 30.2 Å². The first-order chi connectivity index (χ1) is 13.1. The van der Waals surface area contributed by atoms with Crippen LogP contribution in [0, 0.1) is 0 Å². The largest absolute Gasteiger partial charge is 0.444 e. The smallest absolute Gasteiger partial charge is 0.408 e. The number of nitrogens with one attached hydrogen (secondary N) is 3. The van der Waals surface area contributed by atoms with Crippen LogP contribution in [0.5, 0.6) is 0 Å². The van der Waals surface area contributed by atoms with E-state index in [0.29, 0.717) is 25.6 Å². The van der Waals surface area contributed by atoms with Crippen molar-refractivity contribution < 1.29 is 9.53 Å². The molecule has 1 amide bonds. The van der Waals surface area contributed by atoms with E-state index in [1.165, 1.54) is 0 Å². The van der Waals surface area contributed by atoms with Gasteiger partial charge in [-0.1, -0.05) is 6.07 Å². The van der Waals surface area contributed by atoms with Gasteiger partial charge in [0.1, 0.15) is 12.1 Å². The number of ether oxygens (including phenoxy) is 1. The Hall–Kier alpha value is -2.84. The minimum Gasteiger partial charge on any atom is -0.444 e. The first-order valence-electron chi connectivity index (χ1n) is 9.41. The van der Waals surface area contributed by atoms with Crippen LogP contribution in [-0.2, 0) is 11.3 Å². The van der Waals surface area contributed by atoms with Gasteiger partial charge in [-0.25, -0.2) is 9.79 Å². The molecule has 0 fully saturated rings. The van der Waals surface area contributed by atoms with Crippen LogP contribution < -0.4 is 16.0 Å². The Kier molecular flexibility index (Phi) is 6.82. The van der Waals surface area contributed by atoms with Crippen LogP contribution in [0.2, 0.25) is 0 Å². The third-order valence-electron chi connectivity index (χ3n) is 3.64. The maximum absolute atomic E-state index is 12.0. The molecule has 0 aliphatic carbocycles. The lowest BCUT2D eigenvalue weighted by Crippen LogP contribution is -2.54. The first-order valence-corrected chi connectivity index (χ1v) is 9.41. The molecule has 0 aromatic carbocycles. The fourth-order valence-electron chi connectivity index (χ4n) is 2.42. The lowest BCUT2D eigenvalue weighted by Gasteiger charge is -2.29. The van der Waals surface area contributed by atoms with E-state index in [0.717, 1.165) is 11.5 Å². The molecular formula is C19H31N7O2. The van der Waals surface area contributed by atoms with E-state index in [-0.39, 0.29) is 0 Å². The summed E-state index contributed by atoms with van der Waals surface area (Å²) in [6, 6.07) is 5.74. The van der Waals surface area contributed by atoms with Gasteiger partial charge in [0.2, 0.25) is 0 Å². The summed E-state index contributed by atoms with van der Waals surface area (Å²) >= 11 is 0. The molecule has 0 aliphatic rings. The summed E-state index contributed by atoms with van der Waals surface area (Å²) in [4.78, 5) is 16.6. The molecule has 0 aliphatic heterocycles. The Balaban J connectivity index is 1.97. The molecule has 3 N–H and O–H groups in total. The molecule has 0 saturated heterocycles. The van der Waals surface area contributed by atoms with Crippen LogP contribution in [0.1, 0.15) is 47.4 Å². The van der Waals surface area contributed by atoms with E-state index >= 15 is 0 Å². The van der Waals surface area contributed by atoms with Crippen molar-refractivity contribution in [1.82, 2.24) is 30.5 Å². The highest BCUT2D eigenvalue weighted by molar-refractivity contribution is 5.80. The van der Waals surface area contributed by atoms with Crippen molar-refractivity contribution in [2.45, 2.75) is 59.2 Å². The number of fused-ring (bicyclic) bond motifs is 1. The van der Waals surface area contributed by atoms with Gasteiger partial charge < -0.3 is 20.7 Å². The summed E-state index contributed by atoms with van der Waals surface area (Å²) in [5, 5.41) is 17.6. The molecule has 0 atom stereocenters. The average Bonchev–Trinajstić information content (AvgIpc) is 2.98. The van der Waals surface area contributed by atoms with E-state index in [9.17, 15) is 4.79 Å². The lowest BCUT2D eigenvalue weighted by atomic mass is 10.1. The number of hydrogen-bond donors (Lipinski definition) is 3. The van der Waals surface area contributed by atoms with Crippen LogP contribution in [0.25, 0.3) is 5.65 Å². The number of alkyl carbamates (subject to hydrolysis) is 1. The third kappa shape index (κ3) is 6.71. The van der Waals surface area contributed by atoms with Crippen molar-refractivity contribution in [3.8, 4) is 0 Å². The van der Waals surface area contributed by atoms with E-state index in [1.54, 1.807) is 0 Å².